The molecule has 0 radical (unpaired) electrons. The van der Waals surface area contributed by atoms with Crippen molar-refractivity contribution in [2.45, 2.75) is 32.9 Å². The van der Waals surface area contributed by atoms with Crippen molar-refractivity contribution in [3.05, 3.63) is 31.5 Å². The Balaban J connectivity index is 2.79. The summed E-state index contributed by atoms with van der Waals surface area (Å²) in [5.41, 5.74) is -1.05. The Labute approximate surface area is 102 Å². The van der Waals surface area contributed by atoms with Crippen LogP contribution in [0.1, 0.15) is 20.8 Å². The van der Waals surface area contributed by atoms with Crippen molar-refractivity contribution in [1.82, 2.24) is 9.55 Å². The van der Waals surface area contributed by atoms with Crippen molar-refractivity contribution >= 4 is 15.9 Å². The van der Waals surface area contributed by atoms with Crippen molar-refractivity contribution in [3.63, 3.8) is 0 Å². The monoisotopic (exact) mass is 290 g/mol. The number of hydrogen-bond acceptors (Lipinski definition) is 3. The van der Waals surface area contributed by atoms with E-state index in [0.29, 0.717) is 11.1 Å². The summed E-state index contributed by atoms with van der Waals surface area (Å²) in [4.78, 5) is 25.4. The van der Waals surface area contributed by atoms with Gasteiger partial charge in [0.05, 0.1) is 23.2 Å². The van der Waals surface area contributed by atoms with E-state index in [2.05, 4.69) is 20.9 Å². The maximum Gasteiger partial charge on any atom is 0.328 e. The predicted octanol–water partition coefficient (Wildman–Crippen LogP) is 1.11. The van der Waals surface area contributed by atoms with Crippen molar-refractivity contribution < 1.29 is 4.74 Å². The van der Waals surface area contributed by atoms with Gasteiger partial charge in [0.15, 0.2) is 0 Å². The average Bonchev–Trinajstić information content (AvgIpc) is 2.16. The molecule has 5 nitrogen and oxygen atoms in total. The molecule has 0 unspecified atom stereocenters. The lowest BCUT2D eigenvalue weighted by Gasteiger charge is -2.19. The van der Waals surface area contributed by atoms with Gasteiger partial charge >= 0.3 is 5.69 Å². The summed E-state index contributed by atoms with van der Waals surface area (Å²) in [7, 11) is 0. The Morgan fingerprint density at radius 3 is 2.62 bits per heavy atom. The van der Waals surface area contributed by atoms with E-state index in [1.54, 1.807) is 0 Å². The number of H-pyrrole nitrogens is 1. The Kier molecular flexibility index (Phi) is 4.09. The molecule has 0 aliphatic rings. The van der Waals surface area contributed by atoms with E-state index in [1.165, 1.54) is 6.20 Å². The van der Waals surface area contributed by atoms with Gasteiger partial charge in [-0.3, -0.25) is 9.36 Å². The largest absolute Gasteiger partial charge is 0.374 e. The van der Waals surface area contributed by atoms with E-state index in [4.69, 9.17) is 4.74 Å². The molecule has 1 aromatic rings. The number of aromatic nitrogens is 2. The van der Waals surface area contributed by atoms with E-state index in [0.717, 1.165) is 4.57 Å². The van der Waals surface area contributed by atoms with Gasteiger partial charge in [-0.05, 0) is 36.7 Å². The lowest BCUT2D eigenvalue weighted by molar-refractivity contribution is -0.00755. The molecule has 0 aliphatic carbocycles. The third-order valence-electron chi connectivity index (χ3n) is 1.87. The quantitative estimate of drug-likeness (QED) is 0.907. The summed E-state index contributed by atoms with van der Waals surface area (Å²) in [6.07, 6.45) is 1.34. The fourth-order valence-electron chi connectivity index (χ4n) is 1.13. The first kappa shape index (κ1) is 13.2. The molecule has 0 spiro atoms. The third kappa shape index (κ3) is 3.61. The molecule has 0 atom stereocenters. The van der Waals surface area contributed by atoms with Gasteiger partial charge in [-0.25, -0.2) is 4.79 Å². The third-order valence-corrected chi connectivity index (χ3v) is 2.44. The molecule has 0 aromatic carbocycles. The number of nitrogens with zero attached hydrogens (tertiary/aromatic N) is 1. The van der Waals surface area contributed by atoms with Gasteiger partial charge in [0.25, 0.3) is 5.56 Å². The fraction of sp³-hybridized carbons (Fsp3) is 0.600. The average molecular weight is 291 g/mol. The zero-order chi connectivity index (χ0) is 12.3. The molecule has 16 heavy (non-hydrogen) atoms. The highest BCUT2D eigenvalue weighted by Gasteiger charge is 2.11. The van der Waals surface area contributed by atoms with E-state index in [-0.39, 0.29) is 17.7 Å². The van der Waals surface area contributed by atoms with Crippen molar-refractivity contribution in [2.75, 3.05) is 6.61 Å². The zero-order valence-corrected chi connectivity index (χ0v) is 11.1. The molecular formula is C10H15BrN2O3. The Hall–Kier alpha value is -0.880. The number of aromatic amines is 1. The maximum absolute atomic E-state index is 11.6. The fourth-order valence-corrected chi connectivity index (χ4v) is 1.46. The smallest absolute Gasteiger partial charge is 0.328 e. The van der Waals surface area contributed by atoms with Crippen LogP contribution >= 0.6 is 15.9 Å². The Morgan fingerprint density at radius 2 is 2.06 bits per heavy atom. The first-order valence-electron chi connectivity index (χ1n) is 4.93. The number of hydrogen-bond donors (Lipinski definition) is 1. The lowest BCUT2D eigenvalue weighted by atomic mass is 10.2. The molecular weight excluding hydrogens is 276 g/mol. The van der Waals surface area contributed by atoms with Crippen molar-refractivity contribution in [2.24, 2.45) is 0 Å². The molecule has 0 aliphatic heterocycles. The van der Waals surface area contributed by atoms with Crippen molar-refractivity contribution in [3.8, 4) is 0 Å². The van der Waals surface area contributed by atoms with Gasteiger partial charge < -0.3 is 9.72 Å². The maximum atomic E-state index is 11.6. The van der Waals surface area contributed by atoms with Crippen molar-refractivity contribution in [1.29, 1.82) is 0 Å². The molecule has 6 heteroatoms. The number of ether oxygens (including phenoxy) is 1. The number of rotatable bonds is 3. The summed E-state index contributed by atoms with van der Waals surface area (Å²) in [5, 5.41) is 0. The summed E-state index contributed by atoms with van der Waals surface area (Å²) in [6.45, 7) is 6.32. The van der Waals surface area contributed by atoms with E-state index in [1.807, 2.05) is 20.8 Å². The van der Waals surface area contributed by atoms with E-state index >= 15 is 0 Å². The number of nitrogens with one attached hydrogen (secondary N) is 1. The Bertz CT molecular complexity index is 470. The molecule has 1 aromatic heterocycles. The predicted molar refractivity (Wildman–Crippen MR) is 64.7 cm³/mol. The first-order chi connectivity index (χ1) is 7.31. The van der Waals surface area contributed by atoms with Crippen LogP contribution in [0, 0.1) is 0 Å². The van der Waals surface area contributed by atoms with Crippen LogP contribution in [0.5, 0.6) is 0 Å². The second kappa shape index (κ2) is 4.97. The Morgan fingerprint density at radius 1 is 1.44 bits per heavy atom. The van der Waals surface area contributed by atoms with Crippen LogP contribution in [0.15, 0.2) is 20.3 Å². The van der Waals surface area contributed by atoms with Gasteiger partial charge in [0.2, 0.25) is 0 Å². The van der Waals surface area contributed by atoms with Gasteiger partial charge in [-0.2, -0.15) is 0 Å². The molecule has 1 rings (SSSR count). The topological polar surface area (TPSA) is 64.1 Å². The minimum atomic E-state index is -0.425. The standard InChI is InChI=1S/C10H15BrN2O3/c1-10(2,3)16-5-4-13-8(14)7(11)6-12-9(13)15/h6H,4-5H2,1-3H3,(H,12,15). The van der Waals surface area contributed by atoms with Crippen LogP contribution in [-0.2, 0) is 11.3 Å². The highest BCUT2D eigenvalue weighted by Crippen LogP contribution is 2.05. The molecule has 90 valence electrons. The molecule has 0 bridgehead atoms. The van der Waals surface area contributed by atoms with Crippen LogP contribution in [0.2, 0.25) is 0 Å². The highest BCUT2D eigenvalue weighted by atomic mass is 79.9. The highest BCUT2D eigenvalue weighted by molar-refractivity contribution is 9.10. The van der Waals surface area contributed by atoms with E-state index < -0.39 is 5.69 Å². The van der Waals surface area contributed by atoms with Gasteiger partial charge in [-0.15, -0.1) is 0 Å². The minimum Gasteiger partial charge on any atom is -0.374 e. The molecule has 0 saturated heterocycles. The second-order valence-corrected chi connectivity index (χ2v) is 5.21. The van der Waals surface area contributed by atoms with Crippen LogP contribution in [0.3, 0.4) is 0 Å². The summed E-state index contributed by atoms with van der Waals surface area (Å²) >= 11 is 3.07. The molecule has 1 heterocycles. The van der Waals surface area contributed by atoms with Crippen LogP contribution in [-0.4, -0.2) is 21.8 Å². The number of halogens is 1. The summed E-state index contributed by atoms with van der Waals surface area (Å²) in [5.74, 6) is 0. The van der Waals surface area contributed by atoms with E-state index in [9.17, 15) is 9.59 Å². The van der Waals surface area contributed by atoms with Crippen LogP contribution in [0.25, 0.3) is 0 Å². The molecule has 1 N–H and O–H groups in total. The molecule has 0 saturated carbocycles. The minimum absolute atomic E-state index is 0.241. The van der Waals surface area contributed by atoms with Crippen LogP contribution in [0.4, 0.5) is 0 Å². The molecule has 0 fully saturated rings. The SMILES string of the molecule is CC(C)(C)OCCn1c(=O)[nH]cc(Br)c1=O. The second-order valence-electron chi connectivity index (χ2n) is 4.36. The van der Waals surface area contributed by atoms with Gasteiger partial charge in [0.1, 0.15) is 0 Å². The summed E-state index contributed by atoms with van der Waals surface area (Å²) in [6, 6.07) is 0. The van der Waals surface area contributed by atoms with Gasteiger partial charge in [0, 0.05) is 6.20 Å². The summed E-state index contributed by atoms with van der Waals surface area (Å²) < 4.78 is 6.90. The first-order valence-corrected chi connectivity index (χ1v) is 5.72. The molecule has 0 amide bonds. The van der Waals surface area contributed by atoms with Crippen LogP contribution < -0.4 is 11.2 Å². The zero-order valence-electron chi connectivity index (χ0n) is 9.54. The normalized spacial score (nSPS) is 11.8. The van der Waals surface area contributed by atoms with Gasteiger partial charge in [-0.1, -0.05) is 0 Å². The lowest BCUT2D eigenvalue weighted by Crippen LogP contribution is -2.37.